The molecule has 2 aromatic rings. The van der Waals surface area contributed by atoms with Crippen molar-refractivity contribution in [1.82, 2.24) is 15.3 Å². The second-order valence-electron chi connectivity index (χ2n) is 9.53. The highest BCUT2D eigenvalue weighted by Gasteiger charge is 2.44. The summed E-state index contributed by atoms with van der Waals surface area (Å²) in [5.74, 6) is -2.22. The molecular weight excluding hydrogens is 493 g/mol. The Balaban J connectivity index is 1.84. The number of hydrogen-bond acceptors (Lipinski definition) is 9. The van der Waals surface area contributed by atoms with Gasteiger partial charge in [-0.3, -0.25) is 24.2 Å². The molecular formula is C26H32BN3O6S. The quantitative estimate of drug-likeness (QED) is 0.465. The molecule has 0 unspecified atom stereocenters. The zero-order valence-electron chi connectivity index (χ0n) is 21.5. The van der Waals surface area contributed by atoms with Gasteiger partial charge in [-0.05, 0) is 38.2 Å². The van der Waals surface area contributed by atoms with Crippen molar-refractivity contribution in [2.24, 2.45) is 5.92 Å². The average Bonchev–Trinajstić information content (AvgIpc) is 2.87. The van der Waals surface area contributed by atoms with Crippen LogP contribution in [0, 0.1) is 5.92 Å². The number of amides is 1. The first-order valence-electron chi connectivity index (χ1n) is 12.3. The molecule has 37 heavy (non-hydrogen) atoms. The Hall–Kier alpha value is -3.21. The van der Waals surface area contributed by atoms with E-state index < -0.39 is 47.3 Å². The first kappa shape index (κ1) is 28.4. The molecule has 0 radical (unpaired) electrons. The van der Waals surface area contributed by atoms with E-state index in [2.05, 4.69) is 15.3 Å². The molecule has 9 nitrogen and oxygen atoms in total. The number of carbonyl (C=O) groups excluding carboxylic acids is 4. The second kappa shape index (κ2) is 13.4. The first-order valence-corrected chi connectivity index (χ1v) is 13.3. The van der Waals surface area contributed by atoms with Gasteiger partial charge in [0, 0.05) is 24.6 Å². The van der Waals surface area contributed by atoms with E-state index in [0.29, 0.717) is 6.42 Å². The van der Waals surface area contributed by atoms with Gasteiger partial charge in [-0.25, -0.2) is 4.98 Å². The highest BCUT2D eigenvalue weighted by Crippen LogP contribution is 2.31. The van der Waals surface area contributed by atoms with Crippen molar-refractivity contribution in [2.45, 2.75) is 69.3 Å². The topological polar surface area (TPSA) is 125 Å². The van der Waals surface area contributed by atoms with Gasteiger partial charge < -0.3 is 14.6 Å². The van der Waals surface area contributed by atoms with Crippen molar-refractivity contribution in [2.75, 3.05) is 0 Å². The molecule has 0 aliphatic carbocycles. The van der Waals surface area contributed by atoms with Crippen LogP contribution in [0.5, 0.6) is 0 Å². The number of thioether (sulfide) groups is 1. The SMILES string of the molecule is CC(C)C[C@H](CC(=O)[C@H](Cc1ccccc1)NC(=O)c1cnccn1)B1OC(=O)[C@@H](C)S[C@H](C)C(=O)O1. The Labute approximate surface area is 221 Å². The fourth-order valence-electron chi connectivity index (χ4n) is 4.09. The van der Waals surface area contributed by atoms with Gasteiger partial charge in [0.15, 0.2) is 5.78 Å². The van der Waals surface area contributed by atoms with Gasteiger partial charge in [-0.1, -0.05) is 44.2 Å². The number of rotatable bonds is 10. The lowest BCUT2D eigenvalue weighted by Crippen LogP contribution is -2.46. The summed E-state index contributed by atoms with van der Waals surface area (Å²) < 4.78 is 11.1. The largest absolute Gasteiger partial charge is 0.602 e. The highest BCUT2D eigenvalue weighted by atomic mass is 32.2. The van der Waals surface area contributed by atoms with E-state index in [1.54, 1.807) is 13.8 Å². The maximum atomic E-state index is 13.7. The van der Waals surface area contributed by atoms with Crippen molar-refractivity contribution in [3.63, 3.8) is 0 Å². The zero-order valence-corrected chi connectivity index (χ0v) is 22.3. The van der Waals surface area contributed by atoms with Crippen LogP contribution in [0.3, 0.4) is 0 Å². The Morgan fingerprint density at radius 2 is 1.70 bits per heavy atom. The summed E-state index contributed by atoms with van der Waals surface area (Å²) in [4.78, 5) is 59.6. The van der Waals surface area contributed by atoms with Crippen LogP contribution < -0.4 is 5.32 Å². The molecule has 4 atom stereocenters. The standard InChI is InChI=1S/C26H32BN3O6S/c1-16(2)12-20(27-35-25(33)17(3)37-18(4)26(34)36-27)14-23(31)21(13-19-8-6-5-7-9-19)30-24(32)22-15-28-10-11-29-22/h5-11,15-18,20-21H,12-14H2,1-4H3,(H,30,32)/t17-,18-,20-,21+/m1/s1. The summed E-state index contributed by atoms with van der Waals surface area (Å²) in [6.07, 6.45) is 4.86. The molecule has 3 rings (SSSR count). The van der Waals surface area contributed by atoms with Gasteiger partial charge in [-0.2, -0.15) is 0 Å². The molecule has 2 heterocycles. The molecule has 0 bridgehead atoms. The average molecular weight is 525 g/mol. The number of ketones is 1. The predicted molar refractivity (Wildman–Crippen MR) is 141 cm³/mol. The Kier molecular flexibility index (Phi) is 10.3. The van der Waals surface area contributed by atoms with E-state index in [0.717, 1.165) is 5.56 Å². The normalized spacial score (nSPS) is 19.8. The van der Waals surface area contributed by atoms with Crippen molar-refractivity contribution < 1.29 is 28.5 Å². The lowest BCUT2D eigenvalue weighted by molar-refractivity contribution is -0.141. The van der Waals surface area contributed by atoms with Gasteiger partial charge in [0.05, 0.1) is 22.7 Å². The van der Waals surface area contributed by atoms with E-state index >= 15 is 0 Å². The summed E-state index contributed by atoms with van der Waals surface area (Å²) in [6, 6.07) is 8.46. The van der Waals surface area contributed by atoms with Crippen LogP contribution in [0.4, 0.5) is 0 Å². The van der Waals surface area contributed by atoms with Gasteiger partial charge in [0.1, 0.15) is 5.69 Å². The van der Waals surface area contributed by atoms with Crippen molar-refractivity contribution in [3.05, 3.63) is 60.2 Å². The molecule has 1 fully saturated rings. The molecule has 1 saturated heterocycles. The molecule has 1 amide bonds. The monoisotopic (exact) mass is 525 g/mol. The van der Waals surface area contributed by atoms with Crippen LogP contribution in [0.1, 0.15) is 56.6 Å². The fraction of sp³-hybridized carbons (Fsp3) is 0.462. The number of nitrogens with one attached hydrogen (secondary N) is 1. The third-order valence-electron chi connectivity index (χ3n) is 5.93. The Morgan fingerprint density at radius 3 is 2.27 bits per heavy atom. The van der Waals surface area contributed by atoms with Crippen LogP contribution in [-0.2, 0) is 30.1 Å². The van der Waals surface area contributed by atoms with Gasteiger partial charge in [-0.15, -0.1) is 11.8 Å². The highest BCUT2D eigenvalue weighted by molar-refractivity contribution is 8.01. The van der Waals surface area contributed by atoms with Gasteiger partial charge >= 0.3 is 19.1 Å². The number of Topliss-reactive ketones (excluding diaryl/α,β-unsaturated/α-hetero) is 1. The summed E-state index contributed by atoms with van der Waals surface area (Å²) in [6.45, 7) is 7.31. The fourth-order valence-corrected chi connectivity index (χ4v) is 5.04. The number of benzene rings is 1. The lowest BCUT2D eigenvalue weighted by Gasteiger charge is -2.29. The molecule has 0 spiro atoms. The third-order valence-corrected chi connectivity index (χ3v) is 7.13. The van der Waals surface area contributed by atoms with Crippen LogP contribution >= 0.6 is 11.8 Å². The van der Waals surface area contributed by atoms with Crippen molar-refractivity contribution in [1.29, 1.82) is 0 Å². The maximum absolute atomic E-state index is 13.7. The summed E-state index contributed by atoms with van der Waals surface area (Å²) >= 11 is 1.17. The third kappa shape index (κ3) is 8.41. The molecule has 1 aromatic heterocycles. The minimum atomic E-state index is -1.19. The molecule has 196 valence electrons. The summed E-state index contributed by atoms with van der Waals surface area (Å²) in [5, 5.41) is 1.70. The zero-order chi connectivity index (χ0) is 26.9. The van der Waals surface area contributed by atoms with Crippen molar-refractivity contribution in [3.8, 4) is 0 Å². The van der Waals surface area contributed by atoms with E-state index in [-0.39, 0.29) is 30.2 Å². The molecule has 0 saturated carbocycles. The number of aromatic nitrogens is 2. The molecule has 1 N–H and O–H groups in total. The summed E-state index contributed by atoms with van der Waals surface area (Å²) in [7, 11) is -1.19. The molecule has 1 aromatic carbocycles. The number of carbonyl (C=O) groups is 4. The second-order valence-corrected chi connectivity index (χ2v) is 11.2. The van der Waals surface area contributed by atoms with E-state index in [4.69, 9.17) is 9.31 Å². The Bertz CT molecular complexity index is 1070. The smallest absolute Gasteiger partial charge is 0.498 e. The summed E-state index contributed by atoms with van der Waals surface area (Å²) in [5.41, 5.74) is 0.958. The van der Waals surface area contributed by atoms with Crippen LogP contribution in [0.2, 0.25) is 5.82 Å². The molecule has 1 aliphatic rings. The van der Waals surface area contributed by atoms with Crippen LogP contribution in [-0.4, -0.2) is 57.3 Å². The van der Waals surface area contributed by atoms with E-state index in [1.807, 2.05) is 44.2 Å². The number of nitrogens with zero attached hydrogens (tertiary/aromatic N) is 2. The van der Waals surface area contributed by atoms with Crippen molar-refractivity contribution >= 4 is 42.5 Å². The maximum Gasteiger partial charge on any atom is 0.602 e. The number of hydrogen-bond donors (Lipinski definition) is 1. The van der Waals surface area contributed by atoms with Crippen LogP contribution in [0.25, 0.3) is 0 Å². The van der Waals surface area contributed by atoms with E-state index in [9.17, 15) is 19.2 Å². The Morgan fingerprint density at radius 1 is 1.05 bits per heavy atom. The van der Waals surface area contributed by atoms with E-state index in [1.165, 1.54) is 30.4 Å². The van der Waals surface area contributed by atoms with Gasteiger partial charge in [0.25, 0.3) is 5.91 Å². The molecule has 11 heteroatoms. The molecule has 1 aliphatic heterocycles. The van der Waals surface area contributed by atoms with Crippen LogP contribution in [0.15, 0.2) is 48.9 Å². The first-order chi connectivity index (χ1) is 17.6. The lowest BCUT2D eigenvalue weighted by atomic mass is 9.64. The minimum absolute atomic E-state index is 0.0580. The van der Waals surface area contributed by atoms with Gasteiger partial charge in [0.2, 0.25) is 0 Å². The predicted octanol–water partition coefficient (Wildman–Crippen LogP) is 3.29. The minimum Gasteiger partial charge on any atom is -0.498 e.